The van der Waals surface area contributed by atoms with E-state index < -0.39 is 11.9 Å². The number of nitrogens with one attached hydrogen (secondary N) is 1. The molecule has 0 aliphatic carbocycles. The van der Waals surface area contributed by atoms with Gasteiger partial charge < -0.3 is 20.9 Å². The van der Waals surface area contributed by atoms with Gasteiger partial charge in [0.15, 0.2) is 0 Å². The normalized spacial score (nSPS) is 10.0. The van der Waals surface area contributed by atoms with Gasteiger partial charge in [0.2, 0.25) is 0 Å². The standard InChI is InChI=1S/C15H15N3.C2H2O4/c16-8-7-13-12-5-1-2-6-14(12)18-15(13)11-4-3-9-17-10-11;3-1(4)2(5)6/h1-6,9-10,18H,7-8,16H2;(H,3,4)(H,5,6). The predicted molar refractivity (Wildman–Crippen MR) is 89.6 cm³/mol. The van der Waals surface area contributed by atoms with E-state index in [4.69, 9.17) is 25.5 Å². The zero-order valence-corrected chi connectivity index (χ0v) is 12.8. The van der Waals surface area contributed by atoms with Crippen molar-refractivity contribution in [3.63, 3.8) is 0 Å². The number of benzene rings is 1. The van der Waals surface area contributed by atoms with Gasteiger partial charge in [0, 0.05) is 28.9 Å². The first-order valence-electron chi connectivity index (χ1n) is 7.21. The first-order valence-corrected chi connectivity index (χ1v) is 7.21. The van der Waals surface area contributed by atoms with Crippen molar-refractivity contribution in [3.8, 4) is 11.3 Å². The number of carbonyl (C=O) groups is 2. The summed E-state index contributed by atoms with van der Waals surface area (Å²) in [5.74, 6) is -3.65. The van der Waals surface area contributed by atoms with E-state index in [2.05, 4.69) is 34.2 Å². The fourth-order valence-corrected chi connectivity index (χ4v) is 2.36. The molecule has 0 saturated heterocycles. The van der Waals surface area contributed by atoms with Gasteiger partial charge in [0.25, 0.3) is 0 Å². The fourth-order valence-electron chi connectivity index (χ4n) is 2.36. The predicted octanol–water partition coefficient (Wildman–Crippen LogP) is 1.89. The van der Waals surface area contributed by atoms with E-state index in [0.717, 1.165) is 23.2 Å². The number of nitrogens with zero attached hydrogens (tertiary/aromatic N) is 1. The number of carboxylic acid groups (broad SMARTS) is 2. The van der Waals surface area contributed by atoms with E-state index in [1.807, 2.05) is 18.3 Å². The van der Waals surface area contributed by atoms with Crippen LogP contribution in [0.4, 0.5) is 0 Å². The highest BCUT2D eigenvalue weighted by molar-refractivity contribution is 6.27. The summed E-state index contributed by atoms with van der Waals surface area (Å²) in [5, 5.41) is 16.0. The van der Waals surface area contributed by atoms with E-state index in [1.165, 1.54) is 10.9 Å². The van der Waals surface area contributed by atoms with Gasteiger partial charge in [-0.3, -0.25) is 4.98 Å². The molecule has 2 heterocycles. The Labute approximate surface area is 137 Å². The first kappa shape index (κ1) is 17.2. The minimum absolute atomic E-state index is 0.648. The summed E-state index contributed by atoms with van der Waals surface area (Å²) in [5.41, 5.74) is 10.4. The Balaban J connectivity index is 0.000000301. The Morgan fingerprint density at radius 3 is 2.38 bits per heavy atom. The molecule has 5 N–H and O–H groups in total. The fraction of sp³-hybridized carbons (Fsp3) is 0.118. The molecule has 0 saturated carbocycles. The van der Waals surface area contributed by atoms with Crippen LogP contribution >= 0.6 is 0 Å². The molecule has 3 aromatic rings. The van der Waals surface area contributed by atoms with Crippen molar-refractivity contribution in [2.75, 3.05) is 6.54 Å². The molecule has 1 aromatic carbocycles. The number of pyridine rings is 1. The summed E-state index contributed by atoms with van der Waals surface area (Å²) in [6.07, 6.45) is 4.54. The third-order valence-electron chi connectivity index (χ3n) is 3.34. The van der Waals surface area contributed by atoms with Crippen LogP contribution < -0.4 is 5.73 Å². The first-order chi connectivity index (χ1) is 11.5. The van der Waals surface area contributed by atoms with Crippen LogP contribution in [0, 0.1) is 0 Å². The molecule has 0 aliphatic rings. The van der Waals surface area contributed by atoms with E-state index in [-0.39, 0.29) is 0 Å². The molecule has 0 amide bonds. The molecule has 0 bridgehead atoms. The Kier molecular flexibility index (Phi) is 5.64. The Bertz CT molecular complexity index is 831. The Morgan fingerprint density at radius 1 is 1.08 bits per heavy atom. The van der Waals surface area contributed by atoms with Crippen LogP contribution in [0.3, 0.4) is 0 Å². The van der Waals surface area contributed by atoms with Crippen molar-refractivity contribution in [2.24, 2.45) is 5.73 Å². The number of nitrogens with two attached hydrogens (primary N) is 1. The van der Waals surface area contributed by atoms with Crippen LogP contribution in [0.2, 0.25) is 0 Å². The zero-order chi connectivity index (χ0) is 17.5. The van der Waals surface area contributed by atoms with E-state index in [0.29, 0.717) is 6.54 Å². The molecule has 0 spiro atoms. The molecule has 0 fully saturated rings. The molecule has 24 heavy (non-hydrogen) atoms. The molecule has 7 heteroatoms. The number of carboxylic acids is 2. The van der Waals surface area contributed by atoms with Crippen LogP contribution in [0.25, 0.3) is 22.2 Å². The number of aromatic nitrogens is 2. The molecule has 0 atom stereocenters. The summed E-state index contributed by atoms with van der Waals surface area (Å²) < 4.78 is 0. The van der Waals surface area contributed by atoms with E-state index >= 15 is 0 Å². The second-order valence-electron chi connectivity index (χ2n) is 4.91. The second kappa shape index (κ2) is 7.89. The van der Waals surface area contributed by atoms with Crippen LogP contribution in [0.5, 0.6) is 0 Å². The third-order valence-corrected chi connectivity index (χ3v) is 3.34. The topological polar surface area (TPSA) is 129 Å². The molecular formula is C17H17N3O4. The van der Waals surface area contributed by atoms with Crippen molar-refractivity contribution in [1.82, 2.24) is 9.97 Å². The number of fused-ring (bicyclic) bond motifs is 1. The zero-order valence-electron chi connectivity index (χ0n) is 12.8. The number of aliphatic carboxylic acids is 2. The van der Waals surface area contributed by atoms with Gasteiger partial charge >= 0.3 is 11.9 Å². The largest absolute Gasteiger partial charge is 0.473 e. The lowest BCUT2D eigenvalue weighted by molar-refractivity contribution is -0.159. The average Bonchev–Trinajstić information content (AvgIpc) is 2.95. The van der Waals surface area contributed by atoms with Crippen molar-refractivity contribution in [2.45, 2.75) is 6.42 Å². The number of aromatic amines is 1. The highest BCUT2D eigenvalue weighted by atomic mass is 16.4. The molecule has 7 nitrogen and oxygen atoms in total. The Hall–Kier alpha value is -3.19. The lowest BCUT2D eigenvalue weighted by Gasteiger charge is -2.03. The SMILES string of the molecule is NCCc1c(-c2cccnc2)[nH]c2ccccc12.O=C(O)C(=O)O. The summed E-state index contributed by atoms with van der Waals surface area (Å²) in [4.78, 5) is 25.9. The average molecular weight is 327 g/mol. The smallest absolute Gasteiger partial charge is 0.414 e. The third kappa shape index (κ3) is 3.96. The van der Waals surface area contributed by atoms with Gasteiger partial charge in [-0.25, -0.2) is 9.59 Å². The van der Waals surface area contributed by atoms with Crippen molar-refractivity contribution in [3.05, 3.63) is 54.4 Å². The molecule has 0 radical (unpaired) electrons. The van der Waals surface area contributed by atoms with Gasteiger partial charge in [-0.05, 0) is 36.7 Å². The maximum Gasteiger partial charge on any atom is 0.414 e. The summed E-state index contributed by atoms with van der Waals surface area (Å²) in [6, 6.07) is 12.3. The van der Waals surface area contributed by atoms with E-state index in [1.54, 1.807) is 6.20 Å². The Morgan fingerprint density at radius 2 is 1.79 bits per heavy atom. The highest BCUT2D eigenvalue weighted by Crippen LogP contribution is 2.29. The van der Waals surface area contributed by atoms with Crippen molar-refractivity contribution in [1.29, 1.82) is 0 Å². The molecule has 0 aliphatic heterocycles. The summed E-state index contributed by atoms with van der Waals surface area (Å²) in [6.45, 7) is 0.648. The van der Waals surface area contributed by atoms with Gasteiger partial charge in [-0.2, -0.15) is 0 Å². The van der Waals surface area contributed by atoms with Crippen molar-refractivity contribution >= 4 is 22.8 Å². The molecule has 2 aromatic heterocycles. The van der Waals surface area contributed by atoms with Crippen LogP contribution in [0.15, 0.2) is 48.8 Å². The lowest BCUT2D eigenvalue weighted by atomic mass is 10.0. The van der Waals surface area contributed by atoms with Gasteiger partial charge in [0.05, 0.1) is 5.69 Å². The summed E-state index contributed by atoms with van der Waals surface area (Å²) in [7, 11) is 0. The number of H-pyrrole nitrogens is 1. The second-order valence-corrected chi connectivity index (χ2v) is 4.91. The van der Waals surface area contributed by atoms with Gasteiger partial charge in [-0.15, -0.1) is 0 Å². The molecule has 0 unspecified atom stereocenters. The maximum absolute atomic E-state index is 9.10. The quantitative estimate of drug-likeness (QED) is 0.544. The van der Waals surface area contributed by atoms with Crippen LogP contribution in [-0.4, -0.2) is 38.7 Å². The van der Waals surface area contributed by atoms with Crippen LogP contribution in [-0.2, 0) is 16.0 Å². The molecule has 124 valence electrons. The van der Waals surface area contributed by atoms with Gasteiger partial charge in [0.1, 0.15) is 0 Å². The maximum atomic E-state index is 9.10. The number of hydrogen-bond acceptors (Lipinski definition) is 4. The minimum atomic E-state index is -1.82. The summed E-state index contributed by atoms with van der Waals surface area (Å²) >= 11 is 0. The minimum Gasteiger partial charge on any atom is -0.473 e. The number of hydrogen-bond donors (Lipinski definition) is 4. The highest BCUT2D eigenvalue weighted by Gasteiger charge is 2.11. The molecule has 3 rings (SSSR count). The van der Waals surface area contributed by atoms with E-state index in [9.17, 15) is 0 Å². The number of para-hydroxylation sites is 1. The number of rotatable bonds is 3. The van der Waals surface area contributed by atoms with Gasteiger partial charge in [-0.1, -0.05) is 18.2 Å². The monoisotopic (exact) mass is 327 g/mol. The van der Waals surface area contributed by atoms with Crippen LogP contribution in [0.1, 0.15) is 5.56 Å². The lowest BCUT2D eigenvalue weighted by Crippen LogP contribution is -2.09. The van der Waals surface area contributed by atoms with Crippen molar-refractivity contribution < 1.29 is 19.8 Å². The molecular weight excluding hydrogens is 310 g/mol.